The Morgan fingerprint density at radius 2 is 1.75 bits per heavy atom. The summed E-state index contributed by atoms with van der Waals surface area (Å²) in [4.78, 5) is 20.7. The number of nitro benzene ring substituents is 1. The molecule has 0 fully saturated rings. The molecule has 0 amide bonds. The van der Waals surface area contributed by atoms with E-state index in [0.717, 1.165) is 11.1 Å². The number of nitrogens with zero attached hydrogens (tertiary/aromatic N) is 1. The van der Waals surface area contributed by atoms with E-state index in [1.165, 1.54) is 0 Å². The Kier molecular flexibility index (Phi) is 4.10. The summed E-state index contributed by atoms with van der Waals surface area (Å²) in [7, 11) is 0. The van der Waals surface area contributed by atoms with Gasteiger partial charge < -0.3 is 4.74 Å². The van der Waals surface area contributed by atoms with Crippen LogP contribution in [0.5, 0.6) is 0 Å². The average Bonchev–Trinajstić information content (AvgIpc) is 3.07. The number of carbonyl (C=O) groups excluding carboxylic acids is 1. The third-order valence-corrected chi connectivity index (χ3v) is 2.66. The second-order valence-electron chi connectivity index (χ2n) is 4.11. The van der Waals surface area contributed by atoms with Crippen molar-refractivity contribution in [2.45, 2.75) is 6.92 Å². The van der Waals surface area contributed by atoms with Gasteiger partial charge in [0.2, 0.25) is 0 Å². The van der Waals surface area contributed by atoms with Crippen molar-refractivity contribution in [3.63, 3.8) is 0 Å². The first-order chi connectivity index (χ1) is 9.61. The van der Waals surface area contributed by atoms with Gasteiger partial charge in [-0.1, -0.05) is 18.2 Å². The molecule has 0 spiro atoms. The Bertz CT molecular complexity index is 617. The average molecular weight is 271 g/mol. The molecule has 5 heteroatoms. The lowest BCUT2D eigenvalue weighted by molar-refractivity contribution is -0.384. The smallest absolute Gasteiger partial charge is 0.338 e. The summed E-state index contributed by atoms with van der Waals surface area (Å²) in [6.07, 6.45) is 0. The first-order valence-electron chi connectivity index (χ1n) is 6.14. The Labute approximate surface area is 116 Å². The predicted octanol–water partition coefficient (Wildman–Crippen LogP) is 3.44. The van der Waals surface area contributed by atoms with E-state index in [9.17, 15) is 14.9 Å². The van der Waals surface area contributed by atoms with Crippen LogP contribution in [0.1, 0.15) is 17.3 Å². The van der Waals surface area contributed by atoms with Crippen molar-refractivity contribution in [3.8, 4) is 11.1 Å². The summed E-state index contributed by atoms with van der Waals surface area (Å²) >= 11 is 0. The van der Waals surface area contributed by atoms with Crippen molar-refractivity contribution in [2.24, 2.45) is 0 Å². The highest BCUT2D eigenvalue weighted by molar-refractivity contribution is 5.89. The van der Waals surface area contributed by atoms with Crippen LogP contribution < -0.4 is 0 Å². The molecule has 0 heterocycles. The van der Waals surface area contributed by atoms with Gasteiger partial charge in [0.05, 0.1) is 17.1 Å². The van der Waals surface area contributed by atoms with Crippen LogP contribution in [0, 0.1) is 10.1 Å². The number of hydrogen-bond donors (Lipinski definition) is 0. The summed E-state index contributed by atoms with van der Waals surface area (Å²) < 4.78 is 4.79. The maximum Gasteiger partial charge on any atom is 0.338 e. The fourth-order valence-electron chi connectivity index (χ4n) is 1.64. The first-order valence-corrected chi connectivity index (χ1v) is 6.14. The van der Waals surface area contributed by atoms with Crippen molar-refractivity contribution >= 4 is 11.7 Å². The third-order valence-electron chi connectivity index (χ3n) is 2.66. The number of carbonyl (C=O) groups is 1. The highest BCUT2D eigenvalue weighted by atomic mass is 16.6. The van der Waals surface area contributed by atoms with E-state index in [1.54, 1.807) is 31.2 Å². The lowest BCUT2D eigenvalue weighted by Gasteiger charge is -1.99. The molecule has 0 atom stereocenters. The SMILES string of the molecule is CCOC(=O)c1ccccc1.O=[N+]([O-])c1cc2cc-2c1. The minimum Gasteiger partial charge on any atom is -0.462 e. The molecule has 0 saturated carbocycles. The fraction of sp³-hybridized carbons (Fsp3) is 0.133. The van der Waals surface area contributed by atoms with Gasteiger partial charge in [-0.2, -0.15) is 0 Å². The zero-order valence-corrected chi connectivity index (χ0v) is 10.9. The number of fused-ring (bicyclic) bond motifs is 1. The molecule has 20 heavy (non-hydrogen) atoms. The molecule has 0 saturated heterocycles. The number of nitro groups is 1. The number of esters is 1. The third kappa shape index (κ3) is 3.41. The van der Waals surface area contributed by atoms with E-state index in [1.807, 2.05) is 24.3 Å². The topological polar surface area (TPSA) is 69.4 Å². The van der Waals surface area contributed by atoms with Crippen LogP contribution in [0.25, 0.3) is 11.1 Å². The largest absolute Gasteiger partial charge is 0.462 e. The maximum atomic E-state index is 11.0. The van der Waals surface area contributed by atoms with E-state index in [2.05, 4.69) is 0 Å². The van der Waals surface area contributed by atoms with Gasteiger partial charge in [-0.3, -0.25) is 10.1 Å². The normalized spacial score (nSPS) is 10.1. The molecule has 3 rings (SSSR count). The monoisotopic (exact) mass is 271 g/mol. The van der Waals surface area contributed by atoms with Crippen LogP contribution in [-0.2, 0) is 4.74 Å². The summed E-state index contributed by atoms with van der Waals surface area (Å²) in [5.41, 5.74) is 2.85. The Hall–Kier alpha value is -2.69. The van der Waals surface area contributed by atoms with Gasteiger partial charge in [-0.25, -0.2) is 4.79 Å². The Morgan fingerprint density at radius 1 is 1.15 bits per heavy atom. The summed E-state index contributed by atoms with van der Waals surface area (Å²) in [5, 5.41) is 10.0. The van der Waals surface area contributed by atoms with E-state index in [4.69, 9.17) is 4.74 Å². The number of hydrogen-bond acceptors (Lipinski definition) is 4. The summed E-state index contributed by atoms with van der Waals surface area (Å²) in [6.45, 7) is 2.22. The summed E-state index contributed by atoms with van der Waals surface area (Å²) in [6, 6.07) is 14.0. The van der Waals surface area contributed by atoms with Crippen molar-refractivity contribution in [2.75, 3.05) is 6.61 Å². The maximum absolute atomic E-state index is 11.0. The number of non-ortho nitro benzene ring substituents is 1. The van der Waals surface area contributed by atoms with Crippen molar-refractivity contribution in [1.29, 1.82) is 0 Å². The van der Waals surface area contributed by atoms with E-state index in [0.29, 0.717) is 12.2 Å². The molecular formula is C15H13NO4. The quantitative estimate of drug-likeness (QED) is 0.415. The second kappa shape index (κ2) is 5.97. The van der Waals surface area contributed by atoms with Crippen LogP contribution in [0.15, 0.2) is 48.5 Å². The number of rotatable bonds is 3. The lowest BCUT2D eigenvalue weighted by atomic mass is 10.2. The van der Waals surface area contributed by atoms with Crippen LogP contribution in [-0.4, -0.2) is 17.5 Å². The molecule has 2 aliphatic carbocycles. The van der Waals surface area contributed by atoms with E-state index >= 15 is 0 Å². The highest BCUT2D eigenvalue weighted by Crippen LogP contribution is 2.39. The summed E-state index contributed by atoms with van der Waals surface area (Å²) in [5.74, 6) is -0.256. The van der Waals surface area contributed by atoms with Gasteiger partial charge in [0, 0.05) is 12.1 Å². The molecular weight excluding hydrogens is 258 g/mol. The lowest BCUT2D eigenvalue weighted by Crippen LogP contribution is -2.03. The molecule has 0 aliphatic heterocycles. The molecule has 0 N–H and O–H groups in total. The van der Waals surface area contributed by atoms with Crippen molar-refractivity contribution < 1.29 is 14.5 Å². The van der Waals surface area contributed by atoms with Crippen molar-refractivity contribution in [3.05, 3.63) is 64.2 Å². The van der Waals surface area contributed by atoms with Crippen LogP contribution in [0.2, 0.25) is 0 Å². The fourth-order valence-corrected chi connectivity index (χ4v) is 1.64. The molecule has 1 aromatic carbocycles. The molecule has 0 bridgehead atoms. The number of ether oxygens (including phenoxy) is 1. The Morgan fingerprint density at radius 3 is 2.20 bits per heavy atom. The zero-order chi connectivity index (χ0) is 14.5. The number of benzene rings is 2. The predicted molar refractivity (Wildman–Crippen MR) is 74.5 cm³/mol. The van der Waals surface area contributed by atoms with Gasteiger partial charge in [-0.05, 0) is 36.2 Å². The van der Waals surface area contributed by atoms with Gasteiger partial charge in [0.1, 0.15) is 0 Å². The van der Waals surface area contributed by atoms with Gasteiger partial charge in [0.15, 0.2) is 0 Å². The second-order valence-corrected chi connectivity index (χ2v) is 4.11. The van der Waals surface area contributed by atoms with Crippen LogP contribution in [0.4, 0.5) is 5.69 Å². The Balaban J connectivity index is 0.000000149. The van der Waals surface area contributed by atoms with Crippen LogP contribution >= 0.6 is 0 Å². The minimum atomic E-state index is -0.375. The van der Waals surface area contributed by atoms with E-state index < -0.39 is 0 Å². The van der Waals surface area contributed by atoms with E-state index in [-0.39, 0.29) is 16.6 Å². The molecule has 2 aliphatic rings. The molecule has 0 unspecified atom stereocenters. The zero-order valence-electron chi connectivity index (χ0n) is 10.9. The van der Waals surface area contributed by atoms with Gasteiger partial charge >= 0.3 is 5.97 Å². The highest BCUT2D eigenvalue weighted by Gasteiger charge is 2.19. The molecule has 102 valence electrons. The molecule has 1 aromatic rings. The molecule has 0 radical (unpaired) electrons. The van der Waals surface area contributed by atoms with Gasteiger partial charge in [-0.15, -0.1) is 0 Å². The van der Waals surface area contributed by atoms with Gasteiger partial charge in [0.25, 0.3) is 5.69 Å². The standard InChI is InChI=1S/C9H10O2.C6H3NO2/c1-2-11-9(10)8-6-4-3-5-7-8;8-7(9)6-2-4-1-5(4)3-6/h3-7H,2H2,1H3;1-3H. The van der Waals surface area contributed by atoms with Crippen LogP contribution in [0.3, 0.4) is 0 Å². The minimum absolute atomic E-state index is 0.211. The molecule has 0 aromatic heterocycles. The first kappa shape index (κ1) is 13.7. The van der Waals surface area contributed by atoms with Crippen molar-refractivity contribution in [1.82, 2.24) is 0 Å². The molecule has 5 nitrogen and oxygen atoms in total.